The van der Waals surface area contributed by atoms with E-state index in [9.17, 15) is 9.59 Å². The number of hydrogen-bond donors (Lipinski definition) is 1. The van der Waals surface area contributed by atoms with E-state index in [1.807, 2.05) is 24.3 Å². The number of benzene rings is 1. The molecule has 0 saturated heterocycles. The molecule has 4 fully saturated rings. The van der Waals surface area contributed by atoms with Gasteiger partial charge in [-0.2, -0.15) is 5.10 Å². The molecule has 1 N–H and O–H groups in total. The van der Waals surface area contributed by atoms with Crippen LogP contribution in [0.1, 0.15) is 38.5 Å². The van der Waals surface area contributed by atoms with Gasteiger partial charge in [-0.1, -0.05) is 0 Å². The van der Waals surface area contributed by atoms with Gasteiger partial charge in [-0.15, -0.1) is 0 Å². The number of carbonyl (C=O) groups is 1. The Bertz CT molecular complexity index is 944. The van der Waals surface area contributed by atoms with E-state index < -0.39 is 0 Å². The van der Waals surface area contributed by atoms with Crippen molar-refractivity contribution in [1.29, 1.82) is 0 Å². The molecule has 0 aliphatic heterocycles. The lowest BCUT2D eigenvalue weighted by Crippen LogP contribution is -2.60. The molecular weight excluding hydrogens is 366 g/mol. The summed E-state index contributed by atoms with van der Waals surface area (Å²) >= 11 is 0. The summed E-state index contributed by atoms with van der Waals surface area (Å²) in [5, 5.41) is 7.75. The number of nitrogens with one attached hydrogen (secondary N) is 1. The standard InChI is InChI=1S/C23H27N3O3/c1-29-19-4-2-18(3-5-19)20-6-7-22(28)26(25-20)14-21(27)24-23-11-15-8-16(12-23)10-17(9-15)13-23/h2-7,15-17H,8-14H2,1H3,(H,24,27). The van der Waals surface area contributed by atoms with Crippen molar-refractivity contribution in [2.45, 2.75) is 50.6 Å². The van der Waals surface area contributed by atoms with Gasteiger partial charge in [-0.25, -0.2) is 4.68 Å². The zero-order chi connectivity index (χ0) is 20.0. The summed E-state index contributed by atoms with van der Waals surface area (Å²) in [5.41, 5.74) is 1.22. The van der Waals surface area contributed by atoms with E-state index in [2.05, 4.69) is 10.4 Å². The third-order valence-electron chi connectivity index (χ3n) is 6.99. The summed E-state index contributed by atoms with van der Waals surface area (Å²) in [6.07, 6.45) is 7.29. The lowest BCUT2D eigenvalue weighted by molar-refractivity contribution is -0.127. The van der Waals surface area contributed by atoms with Gasteiger partial charge in [0.1, 0.15) is 12.3 Å². The fourth-order valence-electron chi connectivity index (χ4n) is 6.21. The first-order chi connectivity index (χ1) is 14.0. The number of hydrogen-bond acceptors (Lipinski definition) is 4. The quantitative estimate of drug-likeness (QED) is 0.848. The van der Waals surface area contributed by atoms with Crippen LogP contribution in [0.2, 0.25) is 0 Å². The van der Waals surface area contributed by atoms with Crippen molar-refractivity contribution in [1.82, 2.24) is 15.1 Å². The summed E-state index contributed by atoms with van der Waals surface area (Å²) in [5.74, 6) is 2.95. The summed E-state index contributed by atoms with van der Waals surface area (Å²) in [7, 11) is 1.62. The molecule has 0 atom stereocenters. The second-order valence-electron chi connectivity index (χ2n) is 9.19. The second-order valence-corrected chi connectivity index (χ2v) is 9.19. The Morgan fingerprint density at radius 2 is 1.69 bits per heavy atom. The van der Waals surface area contributed by atoms with Crippen LogP contribution in [-0.4, -0.2) is 28.3 Å². The molecule has 152 valence electrons. The Kier molecular flexibility index (Phi) is 4.45. The summed E-state index contributed by atoms with van der Waals surface area (Å²) in [6.45, 7) is -0.0371. The Balaban J connectivity index is 1.32. The van der Waals surface area contributed by atoms with Gasteiger partial charge < -0.3 is 10.1 Å². The molecule has 29 heavy (non-hydrogen) atoms. The predicted octanol–water partition coefficient (Wildman–Crippen LogP) is 3.00. The summed E-state index contributed by atoms with van der Waals surface area (Å²) in [4.78, 5) is 25.2. The topological polar surface area (TPSA) is 73.2 Å². The Morgan fingerprint density at radius 3 is 2.28 bits per heavy atom. The largest absolute Gasteiger partial charge is 0.497 e. The van der Waals surface area contributed by atoms with Crippen LogP contribution in [0, 0.1) is 17.8 Å². The minimum Gasteiger partial charge on any atom is -0.497 e. The van der Waals surface area contributed by atoms with E-state index in [1.54, 1.807) is 13.2 Å². The van der Waals surface area contributed by atoms with Crippen LogP contribution in [0.5, 0.6) is 5.75 Å². The normalized spacial score (nSPS) is 29.6. The molecule has 1 heterocycles. The average Bonchev–Trinajstić information content (AvgIpc) is 2.68. The fourth-order valence-corrected chi connectivity index (χ4v) is 6.21. The molecule has 0 unspecified atom stereocenters. The van der Waals surface area contributed by atoms with Crippen LogP contribution < -0.4 is 15.6 Å². The van der Waals surface area contributed by atoms with Crippen LogP contribution >= 0.6 is 0 Å². The lowest BCUT2D eigenvalue weighted by atomic mass is 9.53. The molecule has 4 aliphatic rings. The SMILES string of the molecule is COc1ccc(-c2ccc(=O)n(CC(=O)NC34CC5CC(CC(C5)C3)C4)n2)cc1. The molecule has 1 aromatic heterocycles. The molecule has 6 nitrogen and oxygen atoms in total. The van der Waals surface area contributed by atoms with E-state index in [1.165, 1.54) is 30.0 Å². The number of amides is 1. The van der Waals surface area contributed by atoms with Crippen LogP contribution in [0.4, 0.5) is 0 Å². The van der Waals surface area contributed by atoms with Gasteiger partial charge in [0, 0.05) is 17.2 Å². The van der Waals surface area contributed by atoms with Gasteiger partial charge >= 0.3 is 0 Å². The number of carbonyl (C=O) groups excluding carboxylic acids is 1. The molecule has 1 amide bonds. The van der Waals surface area contributed by atoms with E-state index in [0.29, 0.717) is 5.69 Å². The van der Waals surface area contributed by atoms with Crippen molar-refractivity contribution < 1.29 is 9.53 Å². The number of ether oxygens (including phenoxy) is 1. The van der Waals surface area contributed by atoms with E-state index >= 15 is 0 Å². The Hall–Kier alpha value is -2.63. The number of rotatable bonds is 5. The average molecular weight is 393 g/mol. The zero-order valence-electron chi connectivity index (χ0n) is 16.8. The number of nitrogens with zero attached hydrogens (tertiary/aromatic N) is 2. The van der Waals surface area contributed by atoms with Gasteiger partial charge in [0.05, 0.1) is 12.8 Å². The third kappa shape index (κ3) is 3.56. The van der Waals surface area contributed by atoms with Gasteiger partial charge in [0.25, 0.3) is 5.56 Å². The minimum atomic E-state index is -0.261. The predicted molar refractivity (Wildman–Crippen MR) is 110 cm³/mol. The van der Waals surface area contributed by atoms with Gasteiger partial charge in [-0.3, -0.25) is 9.59 Å². The highest BCUT2D eigenvalue weighted by Gasteiger charge is 2.51. The maximum atomic E-state index is 12.9. The van der Waals surface area contributed by atoms with Crippen molar-refractivity contribution in [2.24, 2.45) is 17.8 Å². The van der Waals surface area contributed by atoms with Gasteiger partial charge in [-0.05, 0) is 86.6 Å². The van der Waals surface area contributed by atoms with E-state index in [-0.39, 0.29) is 23.6 Å². The molecule has 6 rings (SSSR count). The summed E-state index contributed by atoms with van der Waals surface area (Å²) in [6, 6.07) is 10.7. The van der Waals surface area contributed by atoms with E-state index in [4.69, 9.17) is 4.74 Å². The summed E-state index contributed by atoms with van der Waals surface area (Å²) < 4.78 is 6.46. The molecule has 2 aromatic rings. The molecule has 0 spiro atoms. The van der Waals surface area contributed by atoms with Crippen molar-refractivity contribution in [2.75, 3.05) is 7.11 Å². The highest BCUT2D eigenvalue weighted by molar-refractivity contribution is 5.76. The molecular formula is C23H27N3O3. The second kappa shape index (κ2) is 7.01. The third-order valence-corrected chi connectivity index (χ3v) is 6.99. The maximum Gasteiger partial charge on any atom is 0.267 e. The van der Waals surface area contributed by atoms with Gasteiger partial charge in [0.15, 0.2) is 0 Å². The molecule has 4 saturated carbocycles. The molecule has 4 aliphatic carbocycles. The number of aromatic nitrogens is 2. The highest BCUT2D eigenvalue weighted by Crippen LogP contribution is 2.55. The maximum absolute atomic E-state index is 12.9. The van der Waals surface area contributed by atoms with E-state index in [0.717, 1.165) is 48.3 Å². The first kappa shape index (κ1) is 18.4. The first-order valence-corrected chi connectivity index (χ1v) is 10.6. The smallest absolute Gasteiger partial charge is 0.267 e. The fraction of sp³-hybridized carbons (Fsp3) is 0.522. The minimum absolute atomic E-state index is 0.0371. The zero-order valence-corrected chi connectivity index (χ0v) is 16.8. The van der Waals surface area contributed by atoms with Crippen molar-refractivity contribution in [3.63, 3.8) is 0 Å². The van der Waals surface area contributed by atoms with Crippen LogP contribution in [-0.2, 0) is 11.3 Å². The molecule has 6 heteroatoms. The Morgan fingerprint density at radius 1 is 1.07 bits per heavy atom. The molecule has 4 bridgehead atoms. The highest BCUT2D eigenvalue weighted by atomic mass is 16.5. The number of methoxy groups -OCH3 is 1. The van der Waals surface area contributed by atoms with Crippen LogP contribution in [0.15, 0.2) is 41.2 Å². The van der Waals surface area contributed by atoms with Gasteiger partial charge in [0.2, 0.25) is 5.91 Å². The monoisotopic (exact) mass is 393 g/mol. The first-order valence-electron chi connectivity index (χ1n) is 10.6. The molecule has 0 radical (unpaired) electrons. The Labute approximate surface area is 170 Å². The van der Waals surface area contributed by atoms with Crippen molar-refractivity contribution in [3.8, 4) is 17.0 Å². The van der Waals surface area contributed by atoms with Crippen molar-refractivity contribution >= 4 is 5.91 Å². The molecule has 1 aromatic carbocycles. The lowest BCUT2D eigenvalue weighted by Gasteiger charge is -2.56. The van der Waals surface area contributed by atoms with Crippen LogP contribution in [0.3, 0.4) is 0 Å². The van der Waals surface area contributed by atoms with Crippen molar-refractivity contribution in [3.05, 3.63) is 46.8 Å². The van der Waals surface area contributed by atoms with Crippen LogP contribution in [0.25, 0.3) is 11.3 Å².